The first-order valence-corrected chi connectivity index (χ1v) is 8.61. The standard InChI is InChI=1S/C13H24N2O5S/c1-12(2,10(16)17)13(3,4)14-11(18)15(5)9-6-7-21(19,20)8-9/h9H,6-8H2,1-5H3,(H,14,18)(H,16,17). The van der Waals surface area contributed by atoms with Crippen molar-refractivity contribution < 1.29 is 23.1 Å². The maximum atomic E-state index is 12.3. The third-order valence-electron chi connectivity index (χ3n) is 4.59. The van der Waals surface area contributed by atoms with Crippen LogP contribution in [-0.4, -0.2) is 60.6 Å². The predicted molar refractivity (Wildman–Crippen MR) is 78.8 cm³/mol. The van der Waals surface area contributed by atoms with Gasteiger partial charge in [-0.15, -0.1) is 0 Å². The van der Waals surface area contributed by atoms with Crippen LogP contribution in [-0.2, 0) is 14.6 Å². The maximum absolute atomic E-state index is 12.3. The van der Waals surface area contributed by atoms with E-state index < -0.39 is 32.8 Å². The van der Waals surface area contributed by atoms with E-state index in [0.29, 0.717) is 6.42 Å². The molecule has 122 valence electrons. The summed E-state index contributed by atoms with van der Waals surface area (Å²) in [7, 11) is -1.54. The van der Waals surface area contributed by atoms with Gasteiger partial charge in [-0.25, -0.2) is 13.2 Å². The van der Waals surface area contributed by atoms with E-state index in [4.69, 9.17) is 0 Å². The Kier molecular flexibility index (Phi) is 4.62. The van der Waals surface area contributed by atoms with Crippen LogP contribution in [0, 0.1) is 5.41 Å². The van der Waals surface area contributed by atoms with Crippen LogP contribution in [0.15, 0.2) is 0 Å². The second-order valence-electron chi connectivity index (χ2n) is 6.65. The average Bonchev–Trinajstić information content (AvgIpc) is 2.67. The summed E-state index contributed by atoms with van der Waals surface area (Å²) in [5, 5.41) is 12.0. The van der Waals surface area contributed by atoms with E-state index in [0.717, 1.165) is 0 Å². The number of carbonyl (C=O) groups excluding carboxylic acids is 1. The second-order valence-corrected chi connectivity index (χ2v) is 8.88. The van der Waals surface area contributed by atoms with Gasteiger partial charge in [-0.1, -0.05) is 0 Å². The maximum Gasteiger partial charge on any atom is 0.317 e. The summed E-state index contributed by atoms with van der Waals surface area (Å²) in [6.45, 7) is 6.35. The van der Waals surface area contributed by atoms with Gasteiger partial charge in [0.1, 0.15) is 0 Å². The number of amides is 2. The molecule has 1 unspecified atom stereocenters. The zero-order valence-corrected chi connectivity index (χ0v) is 14.0. The molecule has 2 amide bonds. The number of nitrogens with one attached hydrogen (secondary N) is 1. The lowest BCUT2D eigenvalue weighted by atomic mass is 9.74. The summed E-state index contributed by atoms with van der Waals surface area (Å²) in [5.74, 6) is -0.974. The number of aliphatic carboxylic acids is 1. The third-order valence-corrected chi connectivity index (χ3v) is 6.34. The molecular formula is C13H24N2O5S. The molecule has 1 atom stereocenters. The van der Waals surface area contributed by atoms with E-state index in [9.17, 15) is 23.1 Å². The van der Waals surface area contributed by atoms with Gasteiger partial charge in [0.25, 0.3) is 0 Å². The molecule has 7 nitrogen and oxygen atoms in total. The van der Waals surface area contributed by atoms with Crippen LogP contribution in [0.5, 0.6) is 0 Å². The summed E-state index contributed by atoms with van der Waals surface area (Å²) in [6.07, 6.45) is 0.412. The van der Waals surface area contributed by atoms with E-state index in [1.807, 2.05) is 0 Å². The van der Waals surface area contributed by atoms with Crippen LogP contribution in [0.3, 0.4) is 0 Å². The molecule has 2 N–H and O–H groups in total. The minimum absolute atomic E-state index is 0.0420. The molecule has 0 bridgehead atoms. The molecule has 8 heteroatoms. The summed E-state index contributed by atoms with van der Waals surface area (Å²) in [5.41, 5.74) is -2.15. The zero-order chi connectivity index (χ0) is 16.6. The van der Waals surface area contributed by atoms with Gasteiger partial charge in [-0.2, -0.15) is 0 Å². The quantitative estimate of drug-likeness (QED) is 0.793. The van der Waals surface area contributed by atoms with Crippen LogP contribution in [0.4, 0.5) is 4.79 Å². The van der Waals surface area contributed by atoms with Crippen LogP contribution in [0.1, 0.15) is 34.1 Å². The van der Waals surface area contributed by atoms with Gasteiger partial charge < -0.3 is 15.3 Å². The molecule has 0 aromatic carbocycles. The summed E-state index contributed by atoms with van der Waals surface area (Å²) in [6, 6.07) is -0.824. The smallest absolute Gasteiger partial charge is 0.317 e. The van der Waals surface area contributed by atoms with Crippen LogP contribution >= 0.6 is 0 Å². The highest BCUT2D eigenvalue weighted by Gasteiger charge is 2.45. The lowest BCUT2D eigenvalue weighted by molar-refractivity contribution is -0.150. The molecule has 1 rings (SSSR count). The van der Waals surface area contributed by atoms with Gasteiger partial charge in [-0.3, -0.25) is 4.79 Å². The molecular weight excluding hydrogens is 296 g/mol. The fourth-order valence-corrected chi connectivity index (χ4v) is 3.80. The van der Waals surface area contributed by atoms with Gasteiger partial charge >= 0.3 is 12.0 Å². The number of rotatable bonds is 4. The van der Waals surface area contributed by atoms with Crippen molar-refractivity contribution in [2.24, 2.45) is 5.41 Å². The fraction of sp³-hybridized carbons (Fsp3) is 0.846. The third kappa shape index (κ3) is 3.66. The lowest BCUT2D eigenvalue weighted by Crippen LogP contribution is -2.60. The summed E-state index contributed by atoms with van der Waals surface area (Å²) in [4.78, 5) is 24.9. The Morgan fingerprint density at radius 1 is 1.24 bits per heavy atom. The lowest BCUT2D eigenvalue weighted by Gasteiger charge is -2.40. The second kappa shape index (κ2) is 5.47. The van der Waals surface area contributed by atoms with Crippen molar-refractivity contribution in [2.45, 2.75) is 45.7 Å². The van der Waals surface area contributed by atoms with Crippen molar-refractivity contribution in [3.63, 3.8) is 0 Å². The number of nitrogens with zero attached hydrogens (tertiary/aromatic N) is 1. The number of urea groups is 1. The van der Waals surface area contributed by atoms with Crippen molar-refractivity contribution in [1.82, 2.24) is 10.2 Å². The Morgan fingerprint density at radius 3 is 2.14 bits per heavy atom. The first-order valence-electron chi connectivity index (χ1n) is 6.79. The summed E-state index contributed by atoms with van der Waals surface area (Å²) >= 11 is 0. The Morgan fingerprint density at radius 2 is 1.76 bits per heavy atom. The number of sulfone groups is 1. The SMILES string of the molecule is CN(C(=O)NC(C)(C)C(C)(C)C(=O)O)C1CCS(=O)(=O)C1. The zero-order valence-electron chi connectivity index (χ0n) is 13.1. The van der Waals surface area contributed by atoms with Crippen molar-refractivity contribution in [2.75, 3.05) is 18.6 Å². The number of carboxylic acids is 1. The molecule has 1 aliphatic heterocycles. The fourth-order valence-electron chi connectivity index (χ4n) is 2.03. The van der Waals surface area contributed by atoms with E-state index in [1.165, 1.54) is 25.8 Å². The van der Waals surface area contributed by atoms with Gasteiger partial charge in [0.15, 0.2) is 9.84 Å². The Bertz CT molecular complexity index is 539. The molecule has 1 heterocycles. The molecule has 0 aromatic rings. The Labute approximate surface area is 125 Å². The molecule has 0 spiro atoms. The van der Waals surface area contributed by atoms with Crippen molar-refractivity contribution >= 4 is 21.8 Å². The van der Waals surface area contributed by atoms with Gasteiger partial charge in [-0.05, 0) is 34.1 Å². The van der Waals surface area contributed by atoms with Gasteiger partial charge in [0.2, 0.25) is 0 Å². The number of carboxylic acid groups (broad SMARTS) is 1. The molecule has 21 heavy (non-hydrogen) atoms. The van der Waals surface area contributed by atoms with Crippen LogP contribution < -0.4 is 5.32 Å². The topological polar surface area (TPSA) is 104 Å². The monoisotopic (exact) mass is 320 g/mol. The van der Waals surface area contributed by atoms with Crippen LogP contribution in [0.25, 0.3) is 0 Å². The molecule has 1 fully saturated rings. The molecule has 0 saturated carbocycles. The van der Waals surface area contributed by atoms with E-state index in [1.54, 1.807) is 13.8 Å². The number of carbonyl (C=O) groups is 2. The molecule has 0 radical (unpaired) electrons. The van der Waals surface area contributed by atoms with Crippen LogP contribution in [0.2, 0.25) is 0 Å². The predicted octanol–water partition coefficient (Wildman–Crippen LogP) is 0.704. The van der Waals surface area contributed by atoms with E-state index >= 15 is 0 Å². The van der Waals surface area contributed by atoms with Crippen molar-refractivity contribution in [1.29, 1.82) is 0 Å². The highest BCUT2D eigenvalue weighted by atomic mass is 32.2. The molecule has 0 aromatic heterocycles. The first kappa shape index (κ1) is 17.7. The molecule has 1 aliphatic rings. The van der Waals surface area contributed by atoms with E-state index in [2.05, 4.69) is 5.32 Å². The average molecular weight is 320 g/mol. The normalized spacial score (nSPS) is 21.9. The number of hydrogen-bond donors (Lipinski definition) is 2. The highest BCUT2D eigenvalue weighted by Crippen LogP contribution is 2.31. The van der Waals surface area contributed by atoms with Crippen molar-refractivity contribution in [3.8, 4) is 0 Å². The molecule has 1 saturated heterocycles. The van der Waals surface area contributed by atoms with Crippen molar-refractivity contribution in [3.05, 3.63) is 0 Å². The highest BCUT2D eigenvalue weighted by molar-refractivity contribution is 7.91. The van der Waals surface area contributed by atoms with Gasteiger partial charge in [0.05, 0.1) is 22.5 Å². The van der Waals surface area contributed by atoms with Gasteiger partial charge in [0, 0.05) is 13.1 Å². The van der Waals surface area contributed by atoms with E-state index in [-0.39, 0.29) is 17.5 Å². The summed E-state index contributed by atoms with van der Waals surface area (Å²) < 4.78 is 22.9. The molecule has 0 aliphatic carbocycles. The largest absolute Gasteiger partial charge is 0.481 e. The number of hydrogen-bond acceptors (Lipinski definition) is 4. The Balaban J connectivity index is 2.79. The minimum atomic E-state index is -3.08. The Hall–Kier alpha value is -1.31. The minimum Gasteiger partial charge on any atom is -0.481 e. The first-order chi connectivity index (χ1) is 9.30.